The smallest absolute Gasteiger partial charge is 0.352 e. The molecule has 1 N–H and O–H groups in total. The topological polar surface area (TPSA) is 68.0 Å². The summed E-state index contributed by atoms with van der Waals surface area (Å²) < 4.78 is 1.58. The summed E-state index contributed by atoms with van der Waals surface area (Å²) in [5, 5.41) is 10.0. The summed E-state index contributed by atoms with van der Waals surface area (Å²) in [5.74, 6) is -0.940. The molecular weight excluding hydrogens is 266 g/mol. The van der Waals surface area contributed by atoms with Crippen LogP contribution in [0.5, 0.6) is 0 Å². The maximum Gasteiger partial charge on any atom is 0.352 e. The molecule has 0 fully saturated rings. The number of aromatic nitrogens is 3. The normalized spacial score (nSPS) is 11.3. The molecule has 0 spiro atoms. The molecule has 0 aliphatic rings. The first kappa shape index (κ1) is 13.1. The fourth-order valence-corrected chi connectivity index (χ4v) is 2.14. The Morgan fingerprint density at radius 1 is 1.29 bits per heavy atom. The second-order valence-corrected chi connectivity index (χ2v) is 4.69. The molecule has 0 aliphatic carbocycles. The molecule has 5 nitrogen and oxygen atoms in total. The van der Waals surface area contributed by atoms with Gasteiger partial charge in [-0.15, -0.1) is 0 Å². The summed E-state index contributed by atoms with van der Waals surface area (Å²) >= 11 is 0. The summed E-state index contributed by atoms with van der Waals surface area (Å²) in [4.78, 5) is 19.6. The number of pyridine rings is 2. The van der Waals surface area contributed by atoms with Crippen molar-refractivity contribution in [1.29, 1.82) is 0 Å². The molecule has 3 rings (SSSR count). The van der Waals surface area contributed by atoms with Gasteiger partial charge in [0.05, 0.1) is 5.69 Å². The van der Waals surface area contributed by atoms with Gasteiger partial charge < -0.3 is 9.67 Å². The molecule has 104 valence electrons. The number of aryl methyl sites for hydroxylation is 1. The number of hydrogen-bond acceptors (Lipinski definition) is 3. The molecule has 0 aliphatic heterocycles. The number of hydrogen-bond donors (Lipinski definition) is 1. The highest BCUT2D eigenvalue weighted by Crippen LogP contribution is 2.13. The van der Waals surface area contributed by atoms with E-state index in [1.165, 1.54) is 0 Å². The standard InChI is InChI=1S/C16H13N3O2/c1-19-10-11(9-14(19)16(20)21)4-6-13-7-5-12-3-2-8-17-15(12)18-13/h2-10H,1H3,(H,20,21). The van der Waals surface area contributed by atoms with Crippen LogP contribution < -0.4 is 0 Å². The van der Waals surface area contributed by atoms with Crippen LogP contribution in [-0.4, -0.2) is 25.6 Å². The fraction of sp³-hybridized carbons (Fsp3) is 0.0625. The van der Waals surface area contributed by atoms with Gasteiger partial charge in [0, 0.05) is 24.8 Å². The minimum Gasteiger partial charge on any atom is -0.477 e. The molecule has 21 heavy (non-hydrogen) atoms. The van der Waals surface area contributed by atoms with Gasteiger partial charge in [-0.25, -0.2) is 14.8 Å². The Morgan fingerprint density at radius 2 is 2.14 bits per heavy atom. The Bertz CT molecular complexity index is 850. The number of carboxylic acid groups (broad SMARTS) is 1. The van der Waals surface area contributed by atoms with Crippen LogP contribution in [0.4, 0.5) is 0 Å². The summed E-state index contributed by atoms with van der Waals surface area (Å²) in [6.45, 7) is 0. The van der Waals surface area contributed by atoms with E-state index in [9.17, 15) is 4.79 Å². The van der Waals surface area contributed by atoms with Gasteiger partial charge in [0.25, 0.3) is 0 Å². The van der Waals surface area contributed by atoms with E-state index in [2.05, 4.69) is 9.97 Å². The van der Waals surface area contributed by atoms with Gasteiger partial charge in [0.2, 0.25) is 0 Å². The van der Waals surface area contributed by atoms with Crippen LogP contribution in [0.3, 0.4) is 0 Å². The van der Waals surface area contributed by atoms with Crippen molar-refractivity contribution in [2.24, 2.45) is 7.05 Å². The van der Waals surface area contributed by atoms with Crippen LogP contribution in [0.15, 0.2) is 42.7 Å². The first-order chi connectivity index (χ1) is 10.1. The maximum atomic E-state index is 11.0. The molecule has 5 heteroatoms. The third-order valence-electron chi connectivity index (χ3n) is 3.18. The third kappa shape index (κ3) is 2.67. The Kier molecular flexibility index (Phi) is 3.23. The lowest BCUT2D eigenvalue weighted by atomic mass is 10.2. The number of fused-ring (bicyclic) bond motifs is 1. The Hall–Kier alpha value is -2.95. The Balaban J connectivity index is 1.90. The number of nitrogens with zero attached hydrogens (tertiary/aromatic N) is 3. The van der Waals surface area contributed by atoms with Gasteiger partial charge in [0.1, 0.15) is 5.69 Å². The highest BCUT2D eigenvalue weighted by Gasteiger charge is 2.08. The second-order valence-electron chi connectivity index (χ2n) is 4.69. The largest absolute Gasteiger partial charge is 0.477 e. The number of carboxylic acids is 1. The number of aromatic carboxylic acids is 1. The molecule has 0 radical (unpaired) electrons. The molecular formula is C16H13N3O2. The summed E-state index contributed by atoms with van der Waals surface area (Å²) in [6, 6.07) is 9.32. The van der Waals surface area contributed by atoms with E-state index in [-0.39, 0.29) is 5.69 Å². The number of carbonyl (C=O) groups is 1. The van der Waals surface area contributed by atoms with Gasteiger partial charge in [-0.2, -0.15) is 0 Å². The van der Waals surface area contributed by atoms with E-state index < -0.39 is 5.97 Å². The van der Waals surface area contributed by atoms with Crippen molar-refractivity contribution in [1.82, 2.24) is 14.5 Å². The average molecular weight is 279 g/mol. The van der Waals surface area contributed by atoms with E-state index in [1.807, 2.05) is 36.4 Å². The number of rotatable bonds is 3. The van der Waals surface area contributed by atoms with Crippen LogP contribution in [-0.2, 0) is 7.05 Å². The van der Waals surface area contributed by atoms with Gasteiger partial charge in [-0.1, -0.05) is 6.08 Å². The molecule has 3 aromatic heterocycles. The molecule has 0 amide bonds. The summed E-state index contributed by atoms with van der Waals surface area (Å²) in [7, 11) is 1.71. The molecule has 3 heterocycles. The van der Waals surface area contributed by atoms with E-state index in [0.717, 1.165) is 16.6 Å². The highest BCUT2D eigenvalue weighted by atomic mass is 16.4. The molecule has 0 bridgehead atoms. The van der Waals surface area contributed by atoms with Gasteiger partial charge >= 0.3 is 5.97 Å². The van der Waals surface area contributed by atoms with Crippen LogP contribution in [0.2, 0.25) is 0 Å². The lowest BCUT2D eigenvalue weighted by Crippen LogP contribution is -2.02. The Labute approximate surface area is 121 Å². The Morgan fingerprint density at radius 3 is 2.90 bits per heavy atom. The molecule has 0 atom stereocenters. The summed E-state index contributed by atoms with van der Waals surface area (Å²) in [5.41, 5.74) is 2.54. The van der Waals surface area contributed by atoms with Crippen molar-refractivity contribution >= 4 is 29.2 Å². The molecule has 0 saturated heterocycles. The lowest BCUT2D eigenvalue weighted by Gasteiger charge is -1.97. The van der Waals surface area contributed by atoms with Crippen LogP contribution in [0, 0.1) is 0 Å². The zero-order chi connectivity index (χ0) is 14.8. The predicted octanol–water partition coefficient (Wildman–Crippen LogP) is 2.84. The first-order valence-electron chi connectivity index (χ1n) is 6.43. The summed E-state index contributed by atoms with van der Waals surface area (Å²) in [6.07, 6.45) is 7.15. The average Bonchev–Trinajstić information content (AvgIpc) is 2.86. The van der Waals surface area contributed by atoms with Crippen molar-refractivity contribution in [2.75, 3.05) is 0 Å². The van der Waals surface area contributed by atoms with Crippen molar-refractivity contribution in [2.45, 2.75) is 0 Å². The van der Waals surface area contributed by atoms with Crippen molar-refractivity contribution in [3.05, 3.63) is 59.7 Å². The zero-order valence-electron chi connectivity index (χ0n) is 11.4. The van der Waals surface area contributed by atoms with Crippen molar-refractivity contribution in [3.63, 3.8) is 0 Å². The zero-order valence-corrected chi connectivity index (χ0v) is 11.4. The first-order valence-corrected chi connectivity index (χ1v) is 6.43. The SMILES string of the molecule is Cn1cc(C=Cc2ccc3cccnc3n2)cc1C(=O)O. The minimum absolute atomic E-state index is 0.253. The molecule has 0 aromatic carbocycles. The van der Waals surface area contributed by atoms with Crippen LogP contribution in [0.25, 0.3) is 23.2 Å². The fourth-order valence-electron chi connectivity index (χ4n) is 2.14. The minimum atomic E-state index is -0.940. The predicted molar refractivity (Wildman–Crippen MR) is 80.8 cm³/mol. The van der Waals surface area contributed by atoms with Crippen LogP contribution >= 0.6 is 0 Å². The quantitative estimate of drug-likeness (QED) is 0.800. The van der Waals surface area contributed by atoms with Crippen molar-refractivity contribution < 1.29 is 9.90 Å². The van der Waals surface area contributed by atoms with E-state index in [1.54, 1.807) is 30.1 Å². The molecule has 0 unspecified atom stereocenters. The van der Waals surface area contributed by atoms with E-state index in [4.69, 9.17) is 5.11 Å². The molecule has 3 aromatic rings. The monoisotopic (exact) mass is 279 g/mol. The van der Waals surface area contributed by atoms with Gasteiger partial charge in [0.15, 0.2) is 5.65 Å². The highest BCUT2D eigenvalue weighted by molar-refractivity contribution is 5.87. The maximum absolute atomic E-state index is 11.0. The molecule has 0 saturated carbocycles. The lowest BCUT2D eigenvalue weighted by molar-refractivity contribution is 0.0686. The van der Waals surface area contributed by atoms with Crippen LogP contribution in [0.1, 0.15) is 21.7 Å². The van der Waals surface area contributed by atoms with E-state index in [0.29, 0.717) is 5.65 Å². The second kappa shape index (κ2) is 5.20. The van der Waals surface area contributed by atoms with Crippen molar-refractivity contribution in [3.8, 4) is 0 Å². The van der Waals surface area contributed by atoms with Gasteiger partial charge in [-0.3, -0.25) is 0 Å². The van der Waals surface area contributed by atoms with E-state index >= 15 is 0 Å². The van der Waals surface area contributed by atoms with Gasteiger partial charge in [-0.05, 0) is 42.0 Å². The third-order valence-corrected chi connectivity index (χ3v) is 3.18.